The summed E-state index contributed by atoms with van der Waals surface area (Å²) in [5, 5.41) is 0. The van der Waals surface area contributed by atoms with Crippen molar-refractivity contribution in [3.05, 3.63) is 0 Å². The number of unbranched alkanes of at least 4 members (excludes halogenated alkanes) is 1. The van der Waals surface area contributed by atoms with E-state index in [1.165, 1.54) is 0 Å². The van der Waals surface area contributed by atoms with Gasteiger partial charge in [0.1, 0.15) is 6.61 Å². The van der Waals surface area contributed by atoms with Gasteiger partial charge in [-0.15, -0.1) is 0 Å². The lowest BCUT2D eigenvalue weighted by Gasteiger charge is -2.24. The molecule has 624 valence electrons. The van der Waals surface area contributed by atoms with Crippen LogP contribution in [0.3, 0.4) is 0 Å². The number of nitrogens with zero attached hydrogens (tertiary/aromatic N) is 3. The van der Waals surface area contributed by atoms with E-state index in [4.69, 9.17) is 64.1 Å². The molecule has 5 atom stereocenters. The summed E-state index contributed by atoms with van der Waals surface area (Å²) < 4.78 is 72.9. The zero-order valence-electron chi connectivity index (χ0n) is 73.2. The molecule has 0 fully saturated rings. The molecule has 0 bridgehead atoms. The van der Waals surface area contributed by atoms with Gasteiger partial charge in [-0.3, -0.25) is 38.4 Å². The van der Waals surface area contributed by atoms with E-state index in [0.29, 0.717) is 65.3 Å². The van der Waals surface area contributed by atoms with Gasteiger partial charge >= 0.3 is 55.8 Å². The predicted molar refractivity (Wildman–Crippen MR) is 424 cm³/mol. The van der Waals surface area contributed by atoms with Crippen LogP contribution in [-0.2, 0) is 102 Å². The number of esters is 5. The highest BCUT2D eigenvalue weighted by molar-refractivity contribution is 6.66. The van der Waals surface area contributed by atoms with Crippen molar-refractivity contribution in [3.8, 4) is 0 Å². The maximum Gasteiger partial charge on any atom is 0.500 e. The summed E-state index contributed by atoms with van der Waals surface area (Å²) >= 11 is 0. The highest BCUT2D eigenvalue weighted by Crippen LogP contribution is 2.25. The minimum Gasteiger partial charge on any atom is -0.465 e. The number of hydrogen-bond acceptors (Lipinski definition) is 22. The minimum absolute atomic E-state index is 0.0377. The maximum atomic E-state index is 11.7. The number of hydrogen-bond donors (Lipinski definition) is 0. The topological polar surface area (TPSA) is 275 Å². The first kappa shape index (κ1) is 116. The monoisotopic (exact) mass is 1550 g/mol. The summed E-state index contributed by atoms with van der Waals surface area (Å²) in [6.45, 7) is 46.7. The van der Waals surface area contributed by atoms with Crippen molar-refractivity contribution < 1.29 is 102 Å². The van der Waals surface area contributed by atoms with Crippen molar-refractivity contribution in [1.29, 1.82) is 0 Å². The number of methoxy groups -OCH3 is 1. The highest BCUT2D eigenvalue weighted by Gasteiger charge is 2.37. The molecule has 0 aliphatic heterocycles. The van der Waals surface area contributed by atoms with Crippen molar-refractivity contribution in [2.75, 3.05) is 152 Å². The fourth-order valence-electron chi connectivity index (χ4n) is 6.95. The van der Waals surface area contributed by atoms with Crippen LogP contribution in [0.25, 0.3) is 0 Å². The van der Waals surface area contributed by atoms with Crippen LogP contribution in [0.1, 0.15) is 222 Å². The molecule has 5 unspecified atom stereocenters. The molecule has 0 rings (SSSR count). The van der Waals surface area contributed by atoms with Gasteiger partial charge in [-0.05, 0) is 144 Å². The van der Waals surface area contributed by atoms with Gasteiger partial charge in [-0.1, -0.05) is 103 Å². The first-order valence-electron chi connectivity index (χ1n) is 37.6. The van der Waals surface area contributed by atoms with Gasteiger partial charge in [0.15, 0.2) is 0 Å². The van der Waals surface area contributed by atoms with Gasteiger partial charge in [0, 0.05) is 123 Å². The summed E-state index contributed by atoms with van der Waals surface area (Å²) in [5.41, 5.74) is -1.17. The Morgan fingerprint density at radius 3 is 0.798 bits per heavy atom. The number of rotatable bonds is 44. The molecular formula is C76H161N3O22Si3. The van der Waals surface area contributed by atoms with E-state index >= 15 is 0 Å². The molecular weight excluding hydrogens is 1390 g/mol. The van der Waals surface area contributed by atoms with Gasteiger partial charge in [0.05, 0.1) is 74.3 Å². The fraction of sp³-hybridized carbons (Fsp3) is 0.895. The molecule has 0 spiro atoms. The van der Waals surface area contributed by atoms with Crippen molar-refractivity contribution in [2.24, 2.45) is 45.8 Å². The molecule has 3 amide bonds. The highest BCUT2D eigenvalue weighted by atomic mass is 28.4. The third-order valence-corrected chi connectivity index (χ3v) is 26.8. The van der Waals surface area contributed by atoms with Gasteiger partial charge in [0.25, 0.3) is 0 Å². The van der Waals surface area contributed by atoms with Gasteiger partial charge < -0.3 is 78.8 Å². The zero-order chi connectivity index (χ0) is 83.1. The predicted octanol–water partition coefficient (Wildman–Crippen LogP) is 14.7. The van der Waals surface area contributed by atoms with Crippen LogP contribution in [0.4, 0.5) is 0 Å². The summed E-state index contributed by atoms with van der Waals surface area (Å²) in [6.07, 6.45) is 11.1. The van der Waals surface area contributed by atoms with E-state index in [9.17, 15) is 38.4 Å². The SMILES string of the molecule is CCC(C)(C)C(=O)OCCC[Si](C)(OC)OC.CCC(C)(C)C(=O)OCCC[Si](C)(OC)OC.CCC(C)(C)C(=O)OCCOCCOC.CCC(C)C(=O)N(C)C.CCC(C)C(=O)N(C)C.CCC(C)C(=O)N(C)C.CCC(C)C(=O)OCCC[Si](OC)(OC)OC.CCCCOC(=O)C(C)CC. The van der Waals surface area contributed by atoms with Crippen LogP contribution in [0.5, 0.6) is 0 Å². The third-order valence-electron chi connectivity index (χ3n) is 17.9. The van der Waals surface area contributed by atoms with Gasteiger partial charge in [-0.25, -0.2) is 0 Å². The molecule has 0 aliphatic rings. The molecule has 28 heteroatoms. The fourth-order valence-corrected chi connectivity index (χ4v) is 11.4. The Kier molecular flexibility index (Phi) is 76.1. The Labute approximate surface area is 638 Å². The molecule has 0 radical (unpaired) electrons. The second kappa shape index (κ2) is 68.3. The Balaban J connectivity index is -0.000000171. The Morgan fingerprint density at radius 1 is 0.327 bits per heavy atom. The molecule has 0 N–H and O–H groups in total. The summed E-state index contributed by atoms with van der Waals surface area (Å²) in [4.78, 5) is 95.2. The average Bonchev–Trinajstić information content (AvgIpc) is 0.912. The quantitative estimate of drug-likeness (QED) is 0.0237. The van der Waals surface area contributed by atoms with E-state index in [2.05, 4.69) is 6.92 Å². The lowest BCUT2D eigenvalue weighted by molar-refractivity contribution is -0.156. The summed E-state index contributed by atoms with van der Waals surface area (Å²) in [7, 11) is 17.2. The normalized spacial score (nSPS) is 12.7. The van der Waals surface area contributed by atoms with Crippen LogP contribution in [0.2, 0.25) is 31.2 Å². The Morgan fingerprint density at radius 2 is 0.577 bits per heavy atom. The molecule has 25 nitrogen and oxygen atoms in total. The summed E-state index contributed by atoms with van der Waals surface area (Å²) in [6, 6.07) is 2.31. The van der Waals surface area contributed by atoms with Crippen molar-refractivity contribution in [2.45, 2.75) is 253 Å². The van der Waals surface area contributed by atoms with E-state index in [-0.39, 0.29) is 88.0 Å². The lowest BCUT2D eigenvalue weighted by Crippen LogP contribution is -2.42. The van der Waals surface area contributed by atoms with Crippen molar-refractivity contribution >= 4 is 73.5 Å². The maximum absolute atomic E-state index is 11.7. The Hall–Kier alpha value is -3.95. The average molecular weight is 1550 g/mol. The first-order chi connectivity index (χ1) is 48.2. The van der Waals surface area contributed by atoms with Crippen LogP contribution in [0, 0.1) is 45.8 Å². The van der Waals surface area contributed by atoms with Crippen LogP contribution in [0.15, 0.2) is 0 Å². The minimum atomic E-state index is -2.52. The van der Waals surface area contributed by atoms with Crippen molar-refractivity contribution in [1.82, 2.24) is 14.7 Å². The molecule has 0 aromatic heterocycles. The zero-order valence-corrected chi connectivity index (χ0v) is 76.2. The van der Waals surface area contributed by atoms with Gasteiger partial charge in [-0.2, -0.15) is 0 Å². The first-order valence-corrected chi connectivity index (χ1v) is 44.6. The molecule has 0 heterocycles. The summed E-state index contributed by atoms with van der Waals surface area (Å²) in [5.74, 6) is 0.605. The van der Waals surface area contributed by atoms with Crippen LogP contribution >= 0.6 is 0 Å². The number of carbonyl (C=O) groups excluding carboxylic acids is 8. The van der Waals surface area contributed by atoms with E-state index in [0.717, 1.165) is 89.1 Å². The molecule has 104 heavy (non-hydrogen) atoms. The molecule has 0 aromatic carbocycles. The molecule has 0 aliphatic carbocycles. The van der Waals surface area contributed by atoms with E-state index in [1.54, 1.807) is 114 Å². The van der Waals surface area contributed by atoms with E-state index < -0.39 is 31.3 Å². The molecule has 0 saturated carbocycles. The van der Waals surface area contributed by atoms with Crippen LogP contribution < -0.4 is 0 Å². The van der Waals surface area contributed by atoms with Crippen LogP contribution in [-0.4, -0.2) is 240 Å². The largest absolute Gasteiger partial charge is 0.500 e. The third kappa shape index (κ3) is 61.0. The number of carbonyl (C=O) groups is 8. The van der Waals surface area contributed by atoms with Crippen molar-refractivity contribution in [3.63, 3.8) is 0 Å². The second-order valence-corrected chi connectivity index (χ2v) is 38.6. The number of amides is 3. The Bertz CT molecular complexity index is 2030. The second-order valence-electron chi connectivity index (χ2n) is 28.3. The lowest BCUT2D eigenvalue weighted by atomic mass is 9.91. The van der Waals surface area contributed by atoms with Gasteiger partial charge in [0.2, 0.25) is 17.7 Å². The smallest absolute Gasteiger partial charge is 0.465 e. The van der Waals surface area contributed by atoms with E-state index in [1.807, 2.05) is 145 Å². The standard InChI is InChI=1S/2C12H26O4Si.C11H24O5Si.C11H22O4.C9H18O2.3C7H15NO/c2*1-7-12(2,3)11(13)16-9-8-10-17(6,14-4)15-5;1-6-10(2)11(12)16-8-7-9-17(13-3,14-4)15-5;1-5-11(2,3)10(12)15-9-8-14-7-6-13-4;1-4-6-7-11-9(10)8(3)5-2;3*1-5-6(2)7(9)8(3)4/h2*7-10H2,1-6H3;10H,6-9H2,1-5H3;5-9H2,1-4H3;8H,4-7H2,1-3H3;3*6H,5H2,1-4H3. The molecule has 0 aromatic rings. The molecule has 0 saturated heterocycles. The number of ether oxygens (including phenoxy) is 7.